The van der Waals surface area contributed by atoms with Crippen molar-refractivity contribution in [2.24, 2.45) is 12.0 Å². The maximum absolute atomic E-state index is 9.69. The molecule has 9 heteroatoms. The van der Waals surface area contributed by atoms with Crippen LogP contribution in [0.2, 0.25) is 0 Å². The number of piperidine rings is 1. The fraction of sp³-hybridized carbons (Fsp3) is 0.800. The van der Waals surface area contributed by atoms with E-state index in [-0.39, 0.29) is 30.1 Å². The van der Waals surface area contributed by atoms with Crippen LogP contribution in [0.4, 0.5) is 0 Å². The molecule has 24 heavy (non-hydrogen) atoms. The molecule has 1 fully saturated rings. The fourth-order valence-electron chi connectivity index (χ4n) is 2.50. The van der Waals surface area contributed by atoms with Gasteiger partial charge in [-0.1, -0.05) is 0 Å². The Hall–Kier alpha value is -0.550. The van der Waals surface area contributed by atoms with Crippen LogP contribution in [0.5, 0.6) is 0 Å². The average Bonchev–Trinajstić information content (AvgIpc) is 2.87. The van der Waals surface area contributed by atoms with Gasteiger partial charge in [0.25, 0.3) is 0 Å². The molecular weight excluding hydrogens is 439 g/mol. The third kappa shape index (κ3) is 6.40. The molecule has 1 aliphatic heterocycles. The fourth-order valence-corrected chi connectivity index (χ4v) is 2.93. The van der Waals surface area contributed by atoms with Crippen molar-refractivity contribution in [3.63, 3.8) is 0 Å². The second kappa shape index (κ2) is 11.1. The Labute approximate surface area is 165 Å². The number of aliphatic hydroxyl groups excluding tert-OH is 1. The molecule has 1 aliphatic rings. The van der Waals surface area contributed by atoms with E-state index in [2.05, 4.69) is 26.7 Å². The SMILES string of the molecule is CSCCCNC(=NCc1nnc(C)n1C)N1CCC(O)CC1.I. The summed E-state index contributed by atoms with van der Waals surface area (Å²) in [4.78, 5) is 6.97. The highest BCUT2D eigenvalue weighted by molar-refractivity contribution is 14.0. The minimum atomic E-state index is -0.176. The van der Waals surface area contributed by atoms with Crippen molar-refractivity contribution >= 4 is 41.7 Å². The second-order valence-electron chi connectivity index (χ2n) is 5.85. The Morgan fingerprint density at radius 3 is 2.67 bits per heavy atom. The molecule has 1 saturated heterocycles. The monoisotopic (exact) mass is 468 g/mol. The Morgan fingerprint density at radius 1 is 1.38 bits per heavy atom. The standard InChI is InChI=1S/C15H28N6OS.HI/c1-12-18-19-14(20(12)2)11-17-15(16-7-4-10-23-3)21-8-5-13(22)6-9-21;/h13,22H,4-11H2,1-3H3,(H,16,17);1H. The normalized spacial score (nSPS) is 16.2. The number of likely N-dealkylation sites (tertiary alicyclic amines) is 1. The van der Waals surface area contributed by atoms with Crippen LogP contribution in [0.15, 0.2) is 4.99 Å². The minimum Gasteiger partial charge on any atom is -0.393 e. The van der Waals surface area contributed by atoms with Crippen molar-refractivity contribution in [3.05, 3.63) is 11.6 Å². The number of nitrogens with zero attached hydrogens (tertiary/aromatic N) is 5. The largest absolute Gasteiger partial charge is 0.393 e. The van der Waals surface area contributed by atoms with E-state index in [1.807, 2.05) is 30.3 Å². The van der Waals surface area contributed by atoms with Crippen molar-refractivity contribution in [2.75, 3.05) is 31.6 Å². The predicted octanol–water partition coefficient (Wildman–Crippen LogP) is 1.40. The van der Waals surface area contributed by atoms with Gasteiger partial charge in [-0.15, -0.1) is 34.2 Å². The molecule has 2 heterocycles. The van der Waals surface area contributed by atoms with Crippen LogP contribution >= 0.6 is 35.7 Å². The van der Waals surface area contributed by atoms with Gasteiger partial charge in [0.05, 0.1) is 6.10 Å². The number of hydrogen-bond acceptors (Lipinski definition) is 5. The third-order valence-corrected chi connectivity index (χ3v) is 4.82. The number of nitrogens with one attached hydrogen (secondary N) is 1. The number of thioether (sulfide) groups is 1. The number of aromatic nitrogens is 3. The van der Waals surface area contributed by atoms with Crippen LogP contribution in [0.1, 0.15) is 30.9 Å². The molecule has 0 aromatic carbocycles. The van der Waals surface area contributed by atoms with Crippen molar-refractivity contribution in [1.29, 1.82) is 0 Å². The van der Waals surface area contributed by atoms with Crippen molar-refractivity contribution in [3.8, 4) is 0 Å². The Morgan fingerprint density at radius 2 is 2.08 bits per heavy atom. The van der Waals surface area contributed by atoms with Crippen molar-refractivity contribution in [2.45, 2.75) is 38.8 Å². The summed E-state index contributed by atoms with van der Waals surface area (Å²) in [5.74, 6) is 3.81. The number of aliphatic imine (C=N–C) groups is 1. The highest BCUT2D eigenvalue weighted by atomic mass is 127. The van der Waals surface area contributed by atoms with E-state index in [1.54, 1.807) is 0 Å². The first kappa shape index (κ1) is 21.5. The summed E-state index contributed by atoms with van der Waals surface area (Å²) in [5.41, 5.74) is 0. The quantitative estimate of drug-likeness (QED) is 0.285. The minimum absolute atomic E-state index is 0. The van der Waals surface area contributed by atoms with Gasteiger partial charge in [-0.05, 0) is 38.2 Å². The topological polar surface area (TPSA) is 78.6 Å². The maximum atomic E-state index is 9.69. The molecular formula is C15H29IN6OS. The van der Waals surface area contributed by atoms with E-state index in [4.69, 9.17) is 4.99 Å². The molecule has 0 amide bonds. The molecule has 0 saturated carbocycles. The van der Waals surface area contributed by atoms with Gasteiger partial charge in [-0.3, -0.25) is 0 Å². The van der Waals surface area contributed by atoms with Crippen LogP contribution < -0.4 is 5.32 Å². The van der Waals surface area contributed by atoms with Gasteiger partial charge < -0.3 is 19.9 Å². The molecule has 1 aromatic rings. The predicted molar refractivity (Wildman–Crippen MR) is 110 cm³/mol. The summed E-state index contributed by atoms with van der Waals surface area (Å²) in [7, 11) is 1.96. The van der Waals surface area contributed by atoms with Crippen LogP contribution in [0.25, 0.3) is 0 Å². The number of halogens is 1. The average molecular weight is 468 g/mol. The summed E-state index contributed by atoms with van der Waals surface area (Å²) in [6, 6.07) is 0. The number of hydrogen-bond donors (Lipinski definition) is 2. The molecule has 0 bridgehead atoms. The maximum Gasteiger partial charge on any atom is 0.194 e. The van der Waals surface area contributed by atoms with Crippen LogP contribution in [-0.4, -0.2) is 68.5 Å². The zero-order chi connectivity index (χ0) is 16.7. The first-order valence-electron chi connectivity index (χ1n) is 8.17. The smallest absolute Gasteiger partial charge is 0.194 e. The molecule has 2 N–H and O–H groups in total. The van der Waals surface area contributed by atoms with Crippen LogP contribution in [0, 0.1) is 6.92 Å². The number of rotatable bonds is 6. The molecule has 0 atom stereocenters. The Balaban J connectivity index is 0.00000288. The van der Waals surface area contributed by atoms with Gasteiger partial charge in [0.1, 0.15) is 12.4 Å². The van der Waals surface area contributed by atoms with Gasteiger partial charge in [-0.2, -0.15) is 11.8 Å². The molecule has 0 aliphatic carbocycles. The summed E-state index contributed by atoms with van der Waals surface area (Å²) in [6.45, 7) is 5.05. The Kier molecular flexibility index (Phi) is 9.98. The van der Waals surface area contributed by atoms with Gasteiger partial charge in [-0.25, -0.2) is 4.99 Å². The summed E-state index contributed by atoms with van der Waals surface area (Å²) in [5, 5.41) is 21.4. The molecule has 1 aromatic heterocycles. The summed E-state index contributed by atoms with van der Waals surface area (Å²) < 4.78 is 1.97. The first-order valence-corrected chi connectivity index (χ1v) is 9.56. The van der Waals surface area contributed by atoms with Gasteiger partial charge in [0, 0.05) is 26.7 Å². The van der Waals surface area contributed by atoms with Crippen molar-refractivity contribution < 1.29 is 5.11 Å². The summed E-state index contributed by atoms with van der Waals surface area (Å²) >= 11 is 1.86. The zero-order valence-corrected chi connectivity index (χ0v) is 17.9. The highest BCUT2D eigenvalue weighted by Crippen LogP contribution is 2.11. The lowest BCUT2D eigenvalue weighted by molar-refractivity contribution is 0.108. The number of guanidine groups is 1. The van der Waals surface area contributed by atoms with E-state index >= 15 is 0 Å². The van der Waals surface area contributed by atoms with E-state index in [0.29, 0.717) is 6.54 Å². The lowest BCUT2D eigenvalue weighted by Gasteiger charge is -2.32. The van der Waals surface area contributed by atoms with Crippen LogP contribution in [-0.2, 0) is 13.6 Å². The van der Waals surface area contributed by atoms with Gasteiger partial charge in [0.2, 0.25) is 0 Å². The number of aliphatic hydroxyl groups is 1. The van der Waals surface area contributed by atoms with Crippen molar-refractivity contribution in [1.82, 2.24) is 25.0 Å². The number of aryl methyl sites for hydroxylation is 1. The van der Waals surface area contributed by atoms with E-state index in [1.165, 1.54) is 0 Å². The second-order valence-corrected chi connectivity index (χ2v) is 6.84. The molecule has 0 radical (unpaired) electrons. The molecule has 0 unspecified atom stereocenters. The van der Waals surface area contributed by atoms with Gasteiger partial charge >= 0.3 is 0 Å². The lowest BCUT2D eigenvalue weighted by Crippen LogP contribution is -2.47. The summed E-state index contributed by atoms with van der Waals surface area (Å²) in [6.07, 6.45) is 4.66. The molecule has 2 rings (SSSR count). The highest BCUT2D eigenvalue weighted by Gasteiger charge is 2.20. The Bertz CT molecular complexity index is 516. The molecule has 0 spiro atoms. The molecule has 138 valence electrons. The molecule has 7 nitrogen and oxygen atoms in total. The third-order valence-electron chi connectivity index (χ3n) is 4.13. The van der Waals surface area contributed by atoms with E-state index in [9.17, 15) is 5.11 Å². The van der Waals surface area contributed by atoms with Gasteiger partial charge in [0.15, 0.2) is 11.8 Å². The van der Waals surface area contributed by atoms with E-state index < -0.39 is 0 Å². The lowest BCUT2D eigenvalue weighted by atomic mass is 10.1. The first-order chi connectivity index (χ1) is 11.1. The zero-order valence-electron chi connectivity index (χ0n) is 14.7. The van der Waals surface area contributed by atoms with E-state index in [0.717, 1.165) is 62.3 Å². The van der Waals surface area contributed by atoms with Crippen LogP contribution in [0.3, 0.4) is 0 Å².